The molecule has 0 fully saturated rings. The Kier molecular flexibility index (Phi) is 11.3. The van der Waals surface area contributed by atoms with E-state index in [0.29, 0.717) is 29.9 Å². The molecule has 0 amide bonds. The lowest BCUT2D eigenvalue weighted by Gasteiger charge is -2.18. The monoisotopic (exact) mass is 463 g/mol. The quantitative estimate of drug-likeness (QED) is 0.165. The second-order valence-corrected chi connectivity index (χ2v) is 9.01. The Hall–Kier alpha value is -3.13. The number of carbonyl (C=O) groups excluding carboxylic acids is 2. The summed E-state index contributed by atoms with van der Waals surface area (Å²) in [5, 5.41) is 9.32. The second-order valence-electron chi connectivity index (χ2n) is 9.01. The third-order valence-electron chi connectivity index (χ3n) is 5.95. The molecule has 0 aromatic heterocycles. The first-order chi connectivity index (χ1) is 16.4. The molecule has 2 rings (SSSR count). The largest absolute Gasteiger partial charge is 0.425 e. The Morgan fingerprint density at radius 1 is 0.794 bits per heavy atom. The minimum atomic E-state index is -1.18. The second kappa shape index (κ2) is 14.2. The maximum absolute atomic E-state index is 12.5. The molecule has 1 atom stereocenters. The summed E-state index contributed by atoms with van der Waals surface area (Å²) >= 11 is 0. The van der Waals surface area contributed by atoms with Crippen LogP contribution < -0.4 is 9.47 Å². The van der Waals surface area contributed by atoms with E-state index in [-0.39, 0.29) is 0 Å². The Morgan fingerprint density at radius 2 is 1.35 bits per heavy atom. The number of benzene rings is 2. The van der Waals surface area contributed by atoms with Crippen molar-refractivity contribution in [2.24, 2.45) is 5.41 Å². The van der Waals surface area contributed by atoms with Crippen LogP contribution in [0.3, 0.4) is 0 Å². The molecule has 0 saturated carbocycles. The molecular weight excluding hydrogens is 426 g/mol. The van der Waals surface area contributed by atoms with Gasteiger partial charge >= 0.3 is 11.9 Å². The van der Waals surface area contributed by atoms with Gasteiger partial charge in [0.05, 0.1) is 11.6 Å². The van der Waals surface area contributed by atoms with Gasteiger partial charge in [-0.25, -0.2) is 9.59 Å². The highest BCUT2D eigenvalue weighted by Gasteiger charge is 2.34. The Labute approximate surface area is 204 Å². The number of esters is 2. The number of nitriles is 1. The van der Waals surface area contributed by atoms with Crippen LogP contribution >= 0.6 is 0 Å². The normalized spacial score (nSPS) is 12.4. The van der Waals surface area contributed by atoms with Gasteiger partial charge in [-0.1, -0.05) is 70.9 Å². The molecule has 0 aliphatic heterocycles. The highest BCUT2D eigenvalue weighted by molar-refractivity contribution is 5.91. The van der Waals surface area contributed by atoms with Gasteiger partial charge in [0.1, 0.15) is 11.5 Å². The van der Waals surface area contributed by atoms with Crippen LogP contribution in [0.5, 0.6) is 11.5 Å². The Morgan fingerprint density at radius 3 is 1.91 bits per heavy atom. The van der Waals surface area contributed by atoms with E-state index in [1.165, 1.54) is 50.5 Å². The van der Waals surface area contributed by atoms with Gasteiger partial charge in [-0.2, -0.15) is 5.26 Å². The lowest BCUT2D eigenvalue weighted by atomic mass is 9.87. The fourth-order valence-corrected chi connectivity index (χ4v) is 3.76. The number of unbranched alkanes of at least 4 members (excludes halogenated alkanes) is 6. The van der Waals surface area contributed by atoms with Crippen molar-refractivity contribution >= 4 is 11.9 Å². The van der Waals surface area contributed by atoms with E-state index < -0.39 is 17.4 Å². The van der Waals surface area contributed by atoms with Gasteiger partial charge in [0.2, 0.25) is 0 Å². The van der Waals surface area contributed by atoms with Gasteiger partial charge in [0.15, 0.2) is 5.41 Å². The molecule has 5 heteroatoms. The molecule has 0 bridgehead atoms. The van der Waals surface area contributed by atoms with Gasteiger partial charge in [-0.3, -0.25) is 0 Å². The number of carbonyl (C=O) groups is 2. The smallest absolute Gasteiger partial charge is 0.343 e. The van der Waals surface area contributed by atoms with Gasteiger partial charge in [0.25, 0.3) is 0 Å². The van der Waals surface area contributed by atoms with Gasteiger partial charge in [-0.05, 0) is 68.1 Å². The lowest BCUT2D eigenvalue weighted by molar-refractivity contribution is -0.142. The van der Waals surface area contributed by atoms with Crippen LogP contribution in [0.4, 0.5) is 0 Å². The average molecular weight is 464 g/mol. The van der Waals surface area contributed by atoms with E-state index in [0.717, 1.165) is 6.42 Å². The first-order valence-electron chi connectivity index (χ1n) is 12.5. The van der Waals surface area contributed by atoms with Crippen LogP contribution in [0.15, 0.2) is 48.5 Å². The number of rotatable bonds is 14. The summed E-state index contributed by atoms with van der Waals surface area (Å²) in [4.78, 5) is 24.8. The summed E-state index contributed by atoms with van der Waals surface area (Å²) in [6.07, 6.45) is 11.1. The van der Waals surface area contributed by atoms with Gasteiger partial charge in [0, 0.05) is 0 Å². The molecule has 0 aliphatic carbocycles. The summed E-state index contributed by atoms with van der Waals surface area (Å²) in [6.45, 7) is 5.72. The molecule has 0 N–H and O–H groups in total. The summed E-state index contributed by atoms with van der Waals surface area (Å²) in [6, 6.07) is 15.8. The van der Waals surface area contributed by atoms with E-state index in [1.54, 1.807) is 43.3 Å². The molecule has 2 aromatic rings. The van der Waals surface area contributed by atoms with E-state index in [9.17, 15) is 14.9 Å². The summed E-state index contributed by atoms with van der Waals surface area (Å²) in [7, 11) is 0. The molecule has 34 heavy (non-hydrogen) atoms. The van der Waals surface area contributed by atoms with Crippen molar-refractivity contribution in [3.63, 3.8) is 0 Å². The van der Waals surface area contributed by atoms with Crippen LogP contribution in [-0.4, -0.2) is 11.9 Å². The number of aryl methyl sites for hydroxylation is 1. The molecule has 182 valence electrons. The number of nitrogens with zero attached hydrogens (tertiary/aromatic N) is 1. The molecule has 0 saturated heterocycles. The van der Waals surface area contributed by atoms with Crippen LogP contribution in [0.1, 0.15) is 94.5 Å². The van der Waals surface area contributed by atoms with Crippen LogP contribution in [0, 0.1) is 16.7 Å². The maximum Gasteiger partial charge on any atom is 0.343 e. The molecule has 1 unspecified atom stereocenters. The third kappa shape index (κ3) is 8.67. The fraction of sp³-hybridized carbons (Fsp3) is 0.483. The zero-order valence-corrected chi connectivity index (χ0v) is 20.8. The van der Waals surface area contributed by atoms with Crippen molar-refractivity contribution in [2.75, 3.05) is 0 Å². The number of hydrogen-bond acceptors (Lipinski definition) is 5. The van der Waals surface area contributed by atoms with Gasteiger partial charge in [-0.15, -0.1) is 0 Å². The van der Waals surface area contributed by atoms with Crippen LogP contribution in [-0.2, 0) is 11.2 Å². The van der Waals surface area contributed by atoms with Crippen LogP contribution in [0.2, 0.25) is 0 Å². The summed E-state index contributed by atoms with van der Waals surface area (Å²) in [5.74, 6) is -0.365. The molecule has 0 aliphatic rings. The van der Waals surface area contributed by atoms with Crippen LogP contribution in [0.25, 0.3) is 0 Å². The zero-order chi connectivity index (χ0) is 24.8. The predicted octanol–water partition coefficient (Wildman–Crippen LogP) is 7.43. The summed E-state index contributed by atoms with van der Waals surface area (Å²) in [5.41, 5.74) is 0.535. The number of hydrogen-bond donors (Lipinski definition) is 0. The first-order valence-corrected chi connectivity index (χ1v) is 12.5. The van der Waals surface area contributed by atoms with E-state index in [2.05, 4.69) is 6.92 Å². The van der Waals surface area contributed by atoms with Crippen molar-refractivity contribution in [3.8, 4) is 17.6 Å². The zero-order valence-electron chi connectivity index (χ0n) is 20.8. The minimum absolute atomic E-state index is 0.303. The van der Waals surface area contributed by atoms with E-state index in [4.69, 9.17) is 9.47 Å². The topological polar surface area (TPSA) is 76.4 Å². The van der Waals surface area contributed by atoms with Crippen molar-refractivity contribution < 1.29 is 19.1 Å². The first kappa shape index (κ1) is 27.1. The highest BCUT2D eigenvalue weighted by Crippen LogP contribution is 2.26. The van der Waals surface area contributed by atoms with E-state index >= 15 is 0 Å². The Balaban J connectivity index is 1.82. The van der Waals surface area contributed by atoms with Crippen molar-refractivity contribution in [1.82, 2.24) is 0 Å². The molecule has 0 heterocycles. The molecule has 2 aromatic carbocycles. The standard InChI is InChI=1S/C29H37NO4/c1-4-6-7-8-9-10-11-12-23-13-15-24(16-14-23)27(31)33-25-17-19-26(20-18-25)34-28(32)29(3,22-30)21-5-2/h13-20H,4-12,21H2,1-3H3. The molecular formula is C29H37NO4. The lowest BCUT2D eigenvalue weighted by Crippen LogP contribution is -2.30. The fourth-order valence-electron chi connectivity index (χ4n) is 3.76. The molecule has 5 nitrogen and oxygen atoms in total. The van der Waals surface area contributed by atoms with E-state index in [1.807, 2.05) is 25.1 Å². The van der Waals surface area contributed by atoms with Crippen molar-refractivity contribution in [1.29, 1.82) is 5.26 Å². The third-order valence-corrected chi connectivity index (χ3v) is 5.95. The SMILES string of the molecule is CCCCCCCCCc1ccc(C(=O)Oc2ccc(OC(=O)C(C)(C#N)CCC)cc2)cc1. The maximum atomic E-state index is 12.5. The van der Waals surface area contributed by atoms with Crippen molar-refractivity contribution in [3.05, 3.63) is 59.7 Å². The average Bonchev–Trinajstić information content (AvgIpc) is 2.85. The van der Waals surface area contributed by atoms with Crippen molar-refractivity contribution in [2.45, 2.75) is 85.0 Å². The number of ether oxygens (including phenoxy) is 2. The molecule has 0 radical (unpaired) electrons. The Bertz CT molecular complexity index is 944. The molecule has 0 spiro atoms. The highest BCUT2D eigenvalue weighted by atomic mass is 16.5. The summed E-state index contributed by atoms with van der Waals surface area (Å²) < 4.78 is 10.8. The predicted molar refractivity (Wildman–Crippen MR) is 134 cm³/mol. The van der Waals surface area contributed by atoms with Gasteiger partial charge < -0.3 is 9.47 Å². The minimum Gasteiger partial charge on any atom is -0.425 e.